The number of benzene rings is 2. The number of thiazole rings is 1. The molecule has 148 valence electrons. The number of anilines is 2. The number of hydrogen-bond donors (Lipinski definition) is 2. The molecule has 3 aromatic rings. The first-order chi connectivity index (χ1) is 14.0. The Balaban J connectivity index is 1.38. The van der Waals surface area contributed by atoms with Crippen LogP contribution in [0.1, 0.15) is 16.9 Å². The molecule has 1 aliphatic heterocycles. The van der Waals surface area contributed by atoms with Crippen molar-refractivity contribution in [3.63, 3.8) is 0 Å². The van der Waals surface area contributed by atoms with Crippen LogP contribution < -0.4 is 10.6 Å². The van der Waals surface area contributed by atoms with Gasteiger partial charge < -0.3 is 10.6 Å². The summed E-state index contributed by atoms with van der Waals surface area (Å²) in [6.07, 6.45) is 2.29. The maximum atomic E-state index is 12.4. The van der Waals surface area contributed by atoms with Gasteiger partial charge in [0, 0.05) is 38.9 Å². The minimum absolute atomic E-state index is 0.0656. The van der Waals surface area contributed by atoms with E-state index in [0.29, 0.717) is 21.6 Å². The largest absolute Gasteiger partial charge is 0.324 e. The number of para-hydroxylation sites is 1. The number of amides is 2. The van der Waals surface area contributed by atoms with Crippen LogP contribution in [0.15, 0.2) is 53.6 Å². The number of rotatable bonds is 5. The third-order valence-electron chi connectivity index (χ3n) is 4.29. The number of hydrogen-bond acceptors (Lipinski definition) is 5. The van der Waals surface area contributed by atoms with E-state index >= 15 is 0 Å². The van der Waals surface area contributed by atoms with Crippen LogP contribution in [-0.4, -0.2) is 22.0 Å². The Morgan fingerprint density at radius 2 is 1.90 bits per heavy atom. The zero-order chi connectivity index (χ0) is 20.4. The van der Waals surface area contributed by atoms with Crippen LogP contribution in [0, 0.1) is 0 Å². The van der Waals surface area contributed by atoms with E-state index in [2.05, 4.69) is 15.6 Å². The van der Waals surface area contributed by atoms with Crippen molar-refractivity contribution in [2.45, 2.75) is 23.0 Å². The van der Waals surface area contributed by atoms with Crippen LogP contribution in [-0.2, 0) is 16.0 Å². The predicted molar refractivity (Wildman–Crippen MR) is 119 cm³/mol. The minimum Gasteiger partial charge on any atom is -0.324 e. The lowest BCUT2D eigenvalue weighted by atomic mass is 10.1. The van der Waals surface area contributed by atoms with Gasteiger partial charge in [-0.15, -0.1) is 23.1 Å². The van der Waals surface area contributed by atoms with E-state index in [9.17, 15) is 9.59 Å². The Bertz CT molecular complexity index is 1070. The molecule has 2 heterocycles. The molecule has 9 heteroatoms. The molecule has 0 radical (unpaired) electrons. The maximum Gasteiger partial charge on any atom is 0.238 e. The Morgan fingerprint density at radius 3 is 2.69 bits per heavy atom. The van der Waals surface area contributed by atoms with Crippen LogP contribution in [0.4, 0.5) is 10.8 Å². The van der Waals surface area contributed by atoms with Gasteiger partial charge in [-0.2, -0.15) is 0 Å². The van der Waals surface area contributed by atoms with Gasteiger partial charge in [-0.25, -0.2) is 4.98 Å². The first kappa shape index (κ1) is 20.2. The molecule has 0 saturated heterocycles. The minimum atomic E-state index is -0.480. The number of carbonyl (C=O) groups excluding carboxylic acids is 2. The van der Waals surface area contributed by atoms with Crippen LogP contribution in [0.2, 0.25) is 10.0 Å². The molecular weight excluding hydrogens is 449 g/mol. The van der Waals surface area contributed by atoms with Crippen molar-refractivity contribution in [1.82, 2.24) is 4.98 Å². The van der Waals surface area contributed by atoms with Crippen LogP contribution in [0.25, 0.3) is 0 Å². The SMILES string of the molecule is O=C(CC1Sc2ccccc2NC1=O)Nc1ncc(Cc2c(Cl)cccc2Cl)s1. The number of thioether (sulfide) groups is 1. The van der Waals surface area contributed by atoms with Gasteiger partial charge in [-0.05, 0) is 29.8 Å². The summed E-state index contributed by atoms with van der Waals surface area (Å²) in [6.45, 7) is 0. The molecule has 2 aromatic carbocycles. The average Bonchev–Trinajstić information content (AvgIpc) is 3.12. The van der Waals surface area contributed by atoms with E-state index in [0.717, 1.165) is 21.0 Å². The van der Waals surface area contributed by atoms with Crippen molar-refractivity contribution in [2.24, 2.45) is 0 Å². The van der Waals surface area contributed by atoms with E-state index in [4.69, 9.17) is 23.2 Å². The first-order valence-corrected chi connectivity index (χ1v) is 11.2. The lowest BCUT2D eigenvalue weighted by Gasteiger charge is -2.23. The van der Waals surface area contributed by atoms with Gasteiger partial charge in [0.25, 0.3) is 0 Å². The summed E-state index contributed by atoms with van der Waals surface area (Å²) in [5.74, 6) is -0.425. The molecule has 2 amide bonds. The van der Waals surface area contributed by atoms with Gasteiger partial charge in [0.05, 0.1) is 10.9 Å². The average molecular weight is 464 g/mol. The number of halogens is 2. The highest BCUT2D eigenvalue weighted by molar-refractivity contribution is 8.01. The molecule has 0 spiro atoms. The van der Waals surface area contributed by atoms with Gasteiger partial charge in [-0.3, -0.25) is 9.59 Å². The zero-order valence-electron chi connectivity index (χ0n) is 14.9. The third-order valence-corrected chi connectivity index (χ3v) is 7.19. The van der Waals surface area contributed by atoms with Crippen molar-refractivity contribution < 1.29 is 9.59 Å². The molecule has 0 aliphatic carbocycles. The highest BCUT2D eigenvalue weighted by atomic mass is 35.5. The molecular formula is C20H15Cl2N3O2S2. The second-order valence-electron chi connectivity index (χ2n) is 6.35. The molecule has 4 rings (SSSR count). The second-order valence-corrected chi connectivity index (χ2v) is 9.53. The van der Waals surface area contributed by atoms with Crippen molar-refractivity contribution in [3.05, 3.63) is 69.1 Å². The Hall–Kier alpha value is -2.06. The maximum absolute atomic E-state index is 12.4. The third kappa shape index (κ3) is 4.75. The zero-order valence-corrected chi connectivity index (χ0v) is 18.1. The topological polar surface area (TPSA) is 71.1 Å². The first-order valence-electron chi connectivity index (χ1n) is 8.73. The van der Waals surface area contributed by atoms with Crippen LogP contribution in [0.5, 0.6) is 0 Å². The van der Waals surface area contributed by atoms with Gasteiger partial charge in [0.2, 0.25) is 11.8 Å². The van der Waals surface area contributed by atoms with Gasteiger partial charge in [0.15, 0.2) is 5.13 Å². The van der Waals surface area contributed by atoms with E-state index < -0.39 is 5.25 Å². The van der Waals surface area contributed by atoms with Gasteiger partial charge in [-0.1, -0.05) is 41.4 Å². The van der Waals surface area contributed by atoms with Gasteiger partial charge in [0.1, 0.15) is 0 Å². The van der Waals surface area contributed by atoms with Crippen molar-refractivity contribution >= 4 is 68.9 Å². The molecule has 0 fully saturated rings. The smallest absolute Gasteiger partial charge is 0.238 e. The number of fused-ring (bicyclic) bond motifs is 1. The molecule has 0 bridgehead atoms. The molecule has 2 N–H and O–H groups in total. The number of nitrogens with one attached hydrogen (secondary N) is 2. The summed E-state index contributed by atoms with van der Waals surface area (Å²) < 4.78 is 0. The summed E-state index contributed by atoms with van der Waals surface area (Å²) in [5, 5.41) is 6.81. The quantitative estimate of drug-likeness (QED) is 0.525. The van der Waals surface area contributed by atoms with E-state index in [1.54, 1.807) is 24.4 Å². The summed E-state index contributed by atoms with van der Waals surface area (Å²) in [4.78, 5) is 30.8. The molecule has 0 saturated carbocycles. The van der Waals surface area contributed by atoms with E-state index in [1.807, 2.05) is 24.3 Å². The van der Waals surface area contributed by atoms with Crippen molar-refractivity contribution in [3.8, 4) is 0 Å². The molecule has 1 aliphatic rings. The Labute approximate surface area is 185 Å². The lowest BCUT2D eigenvalue weighted by molar-refractivity contribution is -0.120. The highest BCUT2D eigenvalue weighted by Gasteiger charge is 2.29. The van der Waals surface area contributed by atoms with Crippen molar-refractivity contribution in [2.75, 3.05) is 10.6 Å². The molecule has 1 atom stereocenters. The molecule has 1 unspecified atom stereocenters. The summed E-state index contributed by atoms with van der Waals surface area (Å²) in [5.41, 5.74) is 1.60. The summed E-state index contributed by atoms with van der Waals surface area (Å²) >= 11 is 15.2. The summed E-state index contributed by atoms with van der Waals surface area (Å²) in [6, 6.07) is 12.9. The van der Waals surface area contributed by atoms with E-state index in [1.165, 1.54) is 23.1 Å². The van der Waals surface area contributed by atoms with Gasteiger partial charge >= 0.3 is 0 Å². The molecule has 1 aromatic heterocycles. The molecule has 29 heavy (non-hydrogen) atoms. The fourth-order valence-electron chi connectivity index (χ4n) is 2.89. The number of carbonyl (C=O) groups is 2. The lowest BCUT2D eigenvalue weighted by Crippen LogP contribution is -2.32. The van der Waals surface area contributed by atoms with Crippen molar-refractivity contribution in [1.29, 1.82) is 0 Å². The van der Waals surface area contributed by atoms with E-state index in [-0.39, 0.29) is 18.2 Å². The monoisotopic (exact) mass is 463 g/mol. The fourth-order valence-corrected chi connectivity index (χ4v) is 5.37. The fraction of sp³-hybridized carbons (Fsp3) is 0.150. The Morgan fingerprint density at radius 1 is 1.14 bits per heavy atom. The van der Waals surface area contributed by atoms with Crippen LogP contribution in [0.3, 0.4) is 0 Å². The highest BCUT2D eigenvalue weighted by Crippen LogP contribution is 2.37. The predicted octanol–water partition coefficient (Wildman–Crippen LogP) is 5.48. The summed E-state index contributed by atoms with van der Waals surface area (Å²) in [7, 11) is 0. The number of aromatic nitrogens is 1. The normalized spacial score (nSPS) is 15.5. The molecule has 5 nitrogen and oxygen atoms in total. The number of nitrogens with zero attached hydrogens (tertiary/aromatic N) is 1. The second kappa shape index (κ2) is 8.75. The Kier molecular flexibility index (Phi) is 6.10. The standard InChI is InChI=1S/C20H15Cl2N3O2S2/c21-13-4-3-5-14(22)12(13)8-11-10-23-20(28-11)25-18(26)9-17-19(27)24-15-6-1-2-7-16(15)29-17/h1-7,10,17H,8-9H2,(H,24,27)(H,23,25,26). The van der Waals surface area contributed by atoms with Crippen LogP contribution >= 0.6 is 46.3 Å².